The highest BCUT2D eigenvalue weighted by Gasteiger charge is 2.21. The Morgan fingerprint density at radius 3 is 3.06 bits per heavy atom. The fourth-order valence-corrected chi connectivity index (χ4v) is 1.72. The number of methoxy groups -OCH3 is 1. The normalized spacial score (nSPS) is 14.1. The molecule has 1 heterocycles. The lowest BCUT2D eigenvalue weighted by molar-refractivity contribution is -0.115. The number of carbonyl (C=O) groups excluding carboxylic acids is 2. The van der Waals surface area contributed by atoms with Gasteiger partial charge in [-0.25, -0.2) is 0 Å². The van der Waals surface area contributed by atoms with Gasteiger partial charge in [0.1, 0.15) is 12.0 Å². The molecule has 5 heteroatoms. The van der Waals surface area contributed by atoms with Crippen molar-refractivity contribution in [1.82, 2.24) is 0 Å². The van der Waals surface area contributed by atoms with Crippen LogP contribution in [0.4, 0.5) is 11.4 Å². The third kappa shape index (κ3) is 1.84. The summed E-state index contributed by atoms with van der Waals surface area (Å²) in [5.74, 6) is 0.551. The predicted octanol–water partition coefficient (Wildman–Crippen LogP) is 0.653. The average molecular weight is 220 g/mol. The molecule has 0 aromatic heterocycles. The molecule has 1 amide bonds. The molecule has 0 saturated carbocycles. The zero-order valence-corrected chi connectivity index (χ0v) is 8.90. The number of rotatable bonds is 3. The van der Waals surface area contributed by atoms with Gasteiger partial charge in [-0.3, -0.25) is 4.79 Å². The number of fused-ring (bicyclic) bond motifs is 1. The number of hydrogen-bond acceptors (Lipinski definition) is 4. The Morgan fingerprint density at radius 1 is 1.56 bits per heavy atom. The topological polar surface area (TPSA) is 58.6 Å². The standard InChI is InChI=1S/C11H12N2O3/c1-16-8-2-3-10-9(6-8)12-11(15)7-13(10)4-5-14/h2-3,5-6H,4,7H2,1H3,(H,12,15). The second kappa shape index (κ2) is 4.22. The molecule has 1 aromatic rings. The van der Waals surface area contributed by atoms with E-state index in [0.29, 0.717) is 11.4 Å². The van der Waals surface area contributed by atoms with E-state index in [2.05, 4.69) is 5.32 Å². The first-order chi connectivity index (χ1) is 7.74. The second-order valence-electron chi connectivity index (χ2n) is 3.48. The van der Waals surface area contributed by atoms with Gasteiger partial charge in [0.15, 0.2) is 0 Å². The Morgan fingerprint density at radius 2 is 2.38 bits per heavy atom. The number of aldehydes is 1. The van der Waals surface area contributed by atoms with Gasteiger partial charge in [-0.05, 0) is 12.1 Å². The highest BCUT2D eigenvalue weighted by atomic mass is 16.5. The number of amides is 1. The van der Waals surface area contributed by atoms with Crippen LogP contribution >= 0.6 is 0 Å². The summed E-state index contributed by atoms with van der Waals surface area (Å²) in [7, 11) is 1.57. The van der Waals surface area contributed by atoms with E-state index in [1.807, 2.05) is 6.07 Å². The lowest BCUT2D eigenvalue weighted by atomic mass is 10.2. The maximum Gasteiger partial charge on any atom is 0.243 e. The average Bonchev–Trinajstić information content (AvgIpc) is 2.28. The first kappa shape index (κ1) is 10.5. The van der Waals surface area contributed by atoms with Crippen LogP contribution in [-0.2, 0) is 9.59 Å². The van der Waals surface area contributed by atoms with Crippen LogP contribution in [0.2, 0.25) is 0 Å². The Balaban J connectivity index is 2.38. The fraction of sp³-hybridized carbons (Fsp3) is 0.273. The van der Waals surface area contributed by atoms with Gasteiger partial charge in [-0.15, -0.1) is 0 Å². The number of hydrogen-bond donors (Lipinski definition) is 1. The number of ether oxygens (including phenoxy) is 1. The van der Waals surface area contributed by atoms with Crippen molar-refractivity contribution in [3.05, 3.63) is 18.2 Å². The van der Waals surface area contributed by atoms with E-state index in [4.69, 9.17) is 4.74 Å². The number of nitrogens with zero attached hydrogens (tertiary/aromatic N) is 1. The van der Waals surface area contributed by atoms with Gasteiger partial charge in [-0.1, -0.05) is 0 Å². The van der Waals surface area contributed by atoms with Crippen molar-refractivity contribution in [2.24, 2.45) is 0 Å². The first-order valence-electron chi connectivity index (χ1n) is 4.91. The third-order valence-electron chi connectivity index (χ3n) is 2.45. The van der Waals surface area contributed by atoms with Gasteiger partial charge < -0.3 is 19.7 Å². The molecule has 0 bridgehead atoms. The number of carbonyl (C=O) groups is 2. The molecular formula is C11H12N2O3. The van der Waals surface area contributed by atoms with E-state index in [-0.39, 0.29) is 19.0 Å². The van der Waals surface area contributed by atoms with Crippen LogP contribution in [0.15, 0.2) is 18.2 Å². The molecule has 1 aliphatic heterocycles. The van der Waals surface area contributed by atoms with Crippen LogP contribution < -0.4 is 15.0 Å². The van der Waals surface area contributed by atoms with Crippen LogP contribution in [0.5, 0.6) is 5.75 Å². The lowest BCUT2D eigenvalue weighted by Gasteiger charge is -2.29. The molecule has 84 valence electrons. The minimum atomic E-state index is -0.123. The summed E-state index contributed by atoms with van der Waals surface area (Å²) < 4.78 is 5.07. The minimum absolute atomic E-state index is 0.123. The van der Waals surface area contributed by atoms with E-state index in [0.717, 1.165) is 12.0 Å². The van der Waals surface area contributed by atoms with Gasteiger partial charge >= 0.3 is 0 Å². The summed E-state index contributed by atoms with van der Waals surface area (Å²) in [4.78, 5) is 23.6. The van der Waals surface area contributed by atoms with Crippen molar-refractivity contribution >= 4 is 23.6 Å². The monoisotopic (exact) mass is 220 g/mol. The molecule has 1 aliphatic rings. The summed E-state index contributed by atoms with van der Waals surface area (Å²) in [6.45, 7) is 0.421. The first-order valence-corrected chi connectivity index (χ1v) is 4.91. The van der Waals surface area contributed by atoms with Gasteiger partial charge in [0.25, 0.3) is 0 Å². The molecule has 1 aromatic carbocycles. The van der Waals surface area contributed by atoms with Crippen molar-refractivity contribution in [2.45, 2.75) is 0 Å². The Kier molecular flexibility index (Phi) is 2.76. The summed E-state index contributed by atoms with van der Waals surface area (Å²) in [5.41, 5.74) is 1.52. The summed E-state index contributed by atoms with van der Waals surface area (Å²) >= 11 is 0. The van der Waals surface area contributed by atoms with Gasteiger partial charge in [0, 0.05) is 6.07 Å². The van der Waals surface area contributed by atoms with E-state index >= 15 is 0 Å². The molecule has 0 atom stereocenters. The van der Waals surface area contributed by atoms with Crippen LogP contribution in [0.1, 0.15) is 0 Å². The minimum Gasteiger partial charge on any atom is -0.497 e. The SMILES string of the molecule is COc1ccc2c(c1)NC(=O)CN2CC=O. The van der Waals surface area contributed by atoms with E-state index in [1.54, 1.807) is 24.1 Å². The number of benzene rings is 1. The highest BCUT2D eigenvalue weighted by molar-refractivity contribution is 6.02. The molecule has 0 unspecified atom stereocenters. The quantitative estimate of drug-likeness (QED) is 0.760. The fourth-order valence-electron chi connectivity index (χ4n) is 1.72. The van der Waals surface area contributed by atoms with Crippen LogP contribution in [-0.4, -0.2) is 32.4 Å². The zero-order valence-electron chi connectivity index (χ0n) is 8.90. The van der Waals surface area contributed by atoms with Gasteiger partial charge in [0.05, 0.1) is 31.6 Å². The van der Waals surface area contributed by atoms with Crippen molar-refractivity contribution in [3.8, 4) is 5.75 Å². The van der Waals surface area contributed by atoms with Crippen LogP contribution in [0, 0.1) is 0 Å². The molecule has 16 heavy (non-hydrogen) atoms. The number of nitrogens with one attached hydrogen (secondary N) is 1. The largest absolute Gasteiger partial charge is 0.497 e. The molecule has 0 spiro atoms. The van der Waals surface area contributed by atoms with Gasteiger partial charge in [0.2, 0.25) is 5.91 Å². The molecule has 0 aliphatic carbocycles. The van der Waals surface area contributed by atoms with Crippen molar-refractivity contribution in [3.63, 3.8) is 0 Å². The Hall–Kier alpha value is -2.04. The molecule has 0 saturated heterocycles. The number of anilines is 2. The Labute approximate surface area is 93.0 Å². The van der Waals surface area contributed by atoms with Crippen LogP contribution in [0.25, 0.3) is 0 Å². The molecule has 5 nitrogen and oxygen atoms in total. The highest BCUT2D eigenvalue weighted by Crippen LogP contribution is 2.32. The molecule has 2 rings (SSSR count). The molecule has 0 fully saturated rings. The van der Waals surface area contributed by atoms with E-state index in [9.17, 15) is 9.59 Å². The molecule has 0 radical (unpaired) electrons. The third-order valence-corrected chi connectivity index (χ3v) is 2.45. The van der Waals surface area contributed by atoms with Crippen molar-refractivity contribution in [1.29, 1.82) is 0 Å². The maximum atomic E-state index is 11.4. The molecule has 1 N–H and O–H groups in total. The Bertz CT molecular complexity index is 431. The zero-order chi connectivity index (χ0) is 11.5. The summed E-state index contributed by atoms with van der Waals surface area (Å²) in [6.07, 6.45) is 0.784. The van der Waals surface area contributed by atoms with Gasteiger partial charge in [-0.2, -0.15) is 0 Å². The predicted molar refractivity (Wildman–Crippen MR) is 59.9 cm³/mol. The van der Waals surface area contributed by atoms with E-state index < -0.39 is 0 Å². The summed E-state index contributed by atoms with van der Waals surface area (Å²) in [5, 5.41) is 2.75. The lowest BCUT2D eigenvalue weighted by Crippen LogP contribution is -2.39. The second-order valence-corrected chi connectivity index (χ2v) is 3.48. The molecular weight excluding hydrogens is 208 g/mol. The summed E-state index contributed by atoms with van der Waals surface area (Å²) in [6, 6.07) is 5.37. The van der Waals surface area contributed by atoms with E-state index in [1.165, 1.54) is 0 Å². The van der Waals surface area contributed by atoms with Crippen molar-refractivity contribution in [2.75, 3.05) is 30.4 Å². The smallest absolute Gasteiger partial charge is 0.243 e. The van der Waals surface area contributed by atoms with Crippen molar-refractivity contribution < 1.29 is 14.3 Å². The maximum absolute atomic E-state index is 11.4. The van der Waals surface area contributed by atoms with Crippen LogP contribution in [0.3, 0.4) is 0 Å².